The van der Waals surface area contributed by atoms with Crippen molar-refractivity contribution < 1.29 is 19.5 Å². The van der Waals surface area contributed by atoms with Gasteiger partial charge in [0.2, 0.25) is 11.8 Å². The molecule has 4 unspecified atom stereocenters. The molecule has 218 valence electrons. The van der Waals surface area contributed by atoms with E-state index in [1.807, 2.05) is 115 Å². The van der Waals surface area contributed by atoms with Crippen LogP contribution in [-0.4, -0.2) is 44.9 Å². The fourth-order valence-corrected chi connectivity index (χ4v) is 6.91. The van der Waals surface area contributed by atoms with Crippen molar-refractivity contribution in [3.05, 3.63) is 138 Å². The van der Waals surface area contributed by atoms with Gasteiger partial charge in [0.05, 0.1) is 11.8 Å². The smallest absolute Gasteiger partial charge is 0.325 e. The van der Waals surface area contributed by atoms with Crippen LogP contribution >= 0.6 is 0 Å². The highest BCUT2D eigenvalue weighted by Crippen LogP contribution is 2.50. The molecule has 0 saturated carbocycles. The monoisotopic (exact) mass is 581 g/mol. The van der Waals surface area contributed by atoms with Crippen molar-refractivity contribution in [2.45, 2.75) is 18.0 Å². The Morgan fingerprint density at radius 2 is 1.48 bits per heavy atom. The van der Waals surface area contributed by atoms with Crippen LogP contribution in [0.4, 0.5) is 0 Å². The Morgan fingerprint density at radius 3 is 2.20 bits per heavy atom. The van der Waals surface area contributed by atoms with Gasteiger partial charge in [-0.3, -0.25) is 24.6 Å². The quantitative estimate of drug-likeness (QED) is 0.199. The van der Waals surface area contributed by atoms with Crippen LogP contribution in [-0.2, 0) is 20.8 Å². The number of H-pyrrole nitrogens is 1. The largest absolute Gasteiger partial charge is 0.480 e. The summed E-state index contributed by atoms with van der Waals surface area (Å²) in [5, 5.41) is 15.1. The zero-order valence-electron chi connectivity index (χ0n) is 23.9. The van der Waals surface area contributed by atoms with E-state index >= 15 is 0 Å². The first-order valence-corrected chi connectivity index (χ1v) is 14.7. The number of carboxylic acids is 1. The molecule has 7 nitrogen and oxygen atoms in total. The van der Waals surface area contributed by atoms with Crippen molar-refractivity contribution in [1.82, 2.24) is 15.2 Å². The summed E-state index contributed by atoms with van der Waals surface area (Å²) in [7, 11) is 0. The SMILES string of the molecule is O=C1C2C(c3ccc(-c4ccccc4)cc3)NC(Cc3c[nH]c4ccccc34)(C(=O)O)C2C(=O)N1CC=Cc1ccccc1. The number of imide groups is 1. The zero-order valence-corrected chi connectivity index (χ0v) is 23.9. The summed E-state index contributed by atoms with van der Waals surface area (Å²) >= 11 is 0. The third-order valence-corrected chi connectivity index (χ3v) is 9.05. The van der Waals surface area contributed by atoms with Crippen molar-refractivity contribution in [3.8, 4) is 11.1 Å². The van der Waals surface area contributed by atoms with E-state index in [4.69, 9.17) is 0 Å². The number of amides is 2. The molecule has 1 aromatic heterocycles. The van der Waals surface area contributed by atoms with Crippen LogP contribution in [0.5, 0.6) is 0 Å². The topological polar surface area (TPSA) is 102 Å². The van der Waals surface area contributed by atoms with Crippen LogP contribution < -0.4 is 5.32 Å². The molecular weight excluding hydrogens is 550 g/mol. The average Bonchev–Trinajstić information content (AvgIpc) is 3.70. The Labute approximate surface area is 254 Å². The molecule has 2 fully saturated rings. The van der Waals surface area contributed by atoms with Crippen LogP contribution in [0.25, 0.3) is 28.1 Å². The maximum atomic E-state index is 14.1. The lowest BCUT2D eigenvalue weighted by atomic mass is 9.76. The van der Waals surface area contributed by atoms with Gasteiger partial charge < -0.3 is 10.1 Å². The zero-order chi connectivity index (χ0) is 30.3. The number of carbonyl (C=O) groups excluding carboxylic acids is 2. The van der Waals surface area contributed by atoms with E-state index in [1.54, 1.807) is 12.3 Å². The van der Waals surface area contributed by atoms with Crippen molar-refractivity contribution in [3.63, 3.8) is 0 Å². The highest BCUT2D eigenvalue weighted by molar-refractivity contribution is 6.09. The molecule has 0 radical (unpaired) electrons. The van der Waals surface area contributed by atoms with E-state index in [2.05, 4.69) is 10.3 Å². The molecule has 3 heterocycles. The third-order valence-electron chi connectivity index (χ3n) is 9.05. The maximum Gasteiger partial charge on any atom is 0.325 e. The minimum atomic E-state index is -1.69. The number of carbonyl (C=O) groups is 3. The number of aromatic nitrogens is 1. The third kappa shape index (κ3) is 4.62. The standard InChI is InChI=1S/C37H31N3O4/c41-34-31-32(35(42)40(34)21-9-12-24-10-3-1-4-11-24)37(36(43)44,22-28-23-38-30-16-8-7-15-29(28)30)39-33(31)27-19-17-26(18-20-27)25-13-5-2-6-14-25/h1-20,23,31-33,38-39H,21-22H2,(H,43,44). The number of likely N-dealkylation sites (tertiary alicyclic amines) is 1. The van der Waals surface area contributed by atoms with E-state index in [0.29, 0.717) is 0 Å². The molecular formula is C37H31N3O4. The van der Waals surface area contributed by atoms with Gasteiger partial charge in [0.1, 0.15) is 5.54 Å². The first-order valence-electron chi connectivity index (χ1n) is 14.7. The van der Waals surface area contributed by atoms with Gasteiger partial charge in [-0.2, -0.15) is 0 Å². The minimum Gasteiger partial charge on any atom is -0.480 e. The van der Waals surface area contributed by atoms with Crippen LogP contribution in [0.2, 0.25) is 0 Å². The summed E-state index contributed by atoms with van der Waals surface area (Å²) in [5.41, 5.74) is 3.74. The molecule has 44 heavy (non-hydrogen) atoms. The Balaban J connectivity index is 1.28. The van der Waals surface area contributed by atoms with E-state index in [0.717, 1.165) is 38.7 Å². The fraction of sp³-hybridized carbons (Fsp3) is 0.162. The molecule has 2 aliphatic heterocycles. The number of nitrogens with zero attached hydrogens (tertiary/aromatic N) is 1. The Hall–Kier alpha value is -5.27. The predicted molar refractivity (Wildman–Crippen MR) is 169 cm³/mol. The van der Waals surface area contributed by atoms with E-state index in [-0.39, 0.29) is 18.9 Å². The van der Waals surface area contributed by atoms with Gasteiger partial charge in [0.15, 0.2) is 0 Å². The normalized spacial score (nSPS) is 23.1. The van der Waals surface area contributed by atoms with Gasteiger partial charge in [-0.25, -0.2) is 0 Å². The number of hydrogen-bond acceptors (Lipinski definition) is 4. The summed E-state index contributed by atoms with van der Waals surface area (Å²) in [6.45, 7) is 0.0714. The lowest BCUT2D eigenvalue weighted by Crippen LogP contribution is -2.57. The van der Waals surface area contributed by atoms with Crippen molar-refractivity contribution >= 4 is 34.8 Å². The van der Waals surface area contributed by atoms with Crippen molar-refractivity contribution in [2.24, 2.45) is 11.8 Å². The molecule has 0 spiro atoms. The summed E-state index contributed by atoms with van der Waals surface area (Å²) in [4.78, 5) is 46.0. The number of para-hydroxylation sites is 1. The lowest BCUT2D eigenvalue weighted by molar-refractivity contribution is -0.151. The van der Waals surface area contributed by atoms with E-state index in [9.17, 15) is 19.5 Å². The number of fused-ring (bicyclic) bond motifs is 2. The van der Waals surface area contributed by atoms with Gasteiger partial charge in [-0.05, 0) is 33.9 Å². The Morgan fingerprint density at radius 1 is 0.818 bits per heavy atom. The number of hydrogen-bond donors (Lipinski definition) is 3. The molecule has 4 atom stereocenters. The van der Waals surface area contributed by atoms with E-state index in [1.165, 1.54) is 4.90 Å². The second-order valence-electron chi connectivity index (χ2n) is 11.5. The first kappa shape index (κ1) is 27.6. The van der Waals surface area contributed by atoms with Gasteiger partial charge in [-0.15, -0.1) is 0 Å². The summed E-state index contributed by atoms with van der Waals surface area (Å²) in [6, 6.07) is 34.4. The van der Waals surface area contributed by atoms with Crippen LogP contribution in [0.15, 0.2) is 121 Å². The maximum absolute atomic E-state index is 14.1. The molecule has 7 heteroatoms. The molecule has 0 aliphatic carbocycles. The number of aromatic amines is 1. The predicted octanol–water partition coefficient (Wildman–Crippen LogP) is 5.86. The molecule has 2 amide bonds. The van der Waals surface area contributed by atoms with Gasteiger partial charge >= 0.3 is 5.97 Å². The van der Waals surface area contributed by atoms with Gasteiger partial charge in [-0.1, -0.05) is 115 Å². The second kappa shape index (κ2) is 11.1. The van der Waals surface area contributed by atoms with Gasteiger partial charge in [0.25, 0.3) is 0 Å². The number of carboxylic acid groups (broad SMARTS) is 1. The second-order valence-corrected chi connectivity index (χ2v) is 11.5. The number of nitrogens with one attached hydrogen (secondary N) is 2. The molecule has 5 aromatic rings. The minimum absolute atomic E-state index is 0.0405. The molecule has 7 rings (SSSR count). The van der Waals surface area contributed by atoms with Gasteiger partial charge in [0, 0.05) is 36.1 Å². The van der Waals surface area contributed by atoms with Crippen LogP contribution in [0.3, 0.4) is 0 Å². The molecule has 2 aliphatic rings. The van der Waals surface area contributed by atoms with Crippen LogP contribution in [0, 0.1) is 11.8 Å². The summed E-state index contributed by atoms with van der Waals surface area (Å²) < 4.78 is 0. The molecule has 0 bridgehead atoms. The fourth-order valence-electron chi connectivity index (χ4n) is 6.91. The lowest BCUT2D eigenvalue weighted by Gasteiger charge is -2.31. The highest BCUT2D eigenvalue weighted by atomic mass is 16.4. The summed E-state index contributed by atoms with van der Waals surface area (Å²) in [5.74, 6) is -3.91. The average molecular weight is 582 g/mol. The highest BCUT2D eigenvalue weighted by Gasteiger charge is 2.68. The Kier molecular flexibility index (Phi) is 6.95. The number of aliphatic carboxylic acids is 1. The number of benzene rings is 4. The molecule has 2 saturated heterocycles. The summed E-state index contributed by atoms with van der Waals surface area (Å²) in [6.07, 6.45) is 5.49. The van der Waals surface area contributed by atoms with Crippen LogP contribution in [0.1, 0.15) is 22.7 Å². The van der Waals surface area contributed by atoms with E-state index < -0.39 is 35.3 Å². The Bertz CT molecular complexity index is 1880. The first-order chi connectivity index (χ1) is 21.5. The molecule has 4 aromatic carbocycles. The number of rotatable bonds is 8. The van der Waals surface area contributed by atoms with Crippen molar-refractivity contribution in [1.29, 1.82) is 0 Å². The van der Waals surface area contributed by atoms with Crippen molar-refractivity contribution in [2.75, 3.05) is 6.54 Å². The molecule has 3 N–H and O–H groups in total.